The molecule has 0 aliphatic heterocycles. The molecule has 0 aliphatic rings. The van der Waals surface area contributed by atoms with Gasteiger partial charge in [-0.3, -0.25) is 14.4 Å². The van der Waals surface area contributed by atoms with Crippen LogP contribution >= 0.6 is 23.1 Å². The van der Waals surface area contributed by atoms with Gasteiger partial charge < -0.3 is 30.2 Å². The summed E-state index contributed by atoms with van der Waals surface area (Å²) in [6.45, 7) is 0. The number of aromatic nitrogens is 1. The number of carbonyl (C=O) groups excluding carboxylic acids is 3. The minimum Gasteiger partial charge on any atom is -0.497 e. The summed E-state index contributed by atoms with van der Waals surface area (Å²) in [4.78, 5) is 46.0. The van der Waals surface area contributed by atoms with E-state index >= 15 is 0 Å². The number of hydrogen-bond donors (Lipinski definition) is 3. The third-order valence-corrected chi connectivity index (χ3v) is 10.1. The number of thioether (sulfide) groups is 1. The van der Waals surface area contributed by atoms with E-state index in [9.17, 15) is 14.4 Å². The molecule has 1 atom stereocenters. The number of nitrogens with zero attached hydrogens (tertiary/aromatic N) is 1. The van der Waals surface area contributed by atoms with Gasteiger partial charge in [-0.1, -0.05) is 66.7 Å². The van der Waals surface area contributed by atoms with Crippen LogP contribution < -0.4 is 30.2 Å². The number of methoxy groups -OCH3 is 3. The van der Waals surface area contributed by atoms with Crippen molar-refractivity contribution in [1.29, 1.82) is 0 Å². The van der Waals surface area contributed by atoms with Crippen molar-refractivity contribution < 1.29 is 28.6 Å². The molecule has 0 radical (unpaired) electrons. The molecule has 54 heavy (non-hydrogen) atoms. The van der Waals surface area contributed by atoms with Crippen LogP contribution in [0.25, 0.3) is 17.3 Å². The fourth-order valence-electron chi connectivity index (χ4n) is 5.32. The molecule has 5 aromatic carbocycles. The molecule has 3 N–H and O–H groups in total. The third-order valence-electron chi connectivity index (χ3n) is 8.05. The molecular weight excluding hydrogens is 721 g/mol. The fourth-order valence-corrected chi connectivity index (χ4v) is 7.07. The number of anilines is 2. The molecule has 0 bridgehead atoms. The zero-order chi connectivity index (χ0) is 37.9. The molecule has 0 fully saturated rings. The van der Waals surface area contributed by atoms with Crippen LogP contribution in [0.4, 0.5) is 10.8 Å². The lowest BCUT2D eigenvalue weighted by atomic mass is 10.1. The van der Waals surface area contributed by atoms with Gasteiger partial charge in [0.1, 0.15) is 16.7 Å². The number of hydrogen-bond acceptors (Lipinski definition) is 9. The molecule has 0 aliphatic carbocycles. The Morgan fingerprint density at radius 3 is 2.17 bits per heavy atom. The molecule has 12 heteroatoms. The number of thiazole rings is 1. The van der Waals surface area contributed by atoms with E-state index in [4.69, 9.17) is 14.2 Å². The number of carbonyl (C=O) groups is 3. The van der Waals surface area contributed by atoms with Crippen molar-refractivity contribution in [2.45, 2.75) is 10.1 Å². The van der Waals surface area contributed by atoms with E-state index in [0.717, 1.165) is 27.5 Å². The summed E-state index contributed by atoms with van der Waals surface area (Å²) >= 11 is 2.72. The third kappa shape index (κ3) is 9.54. The standard InChI is InChI=1S/C42H36N4O6S2/c1-50-32-16-10-15-30(25-32)35-26-53-42(45-35)46-41(49)38(28-11-6-4-7-12-28)54-33-20-18-31(19-21-33)43-40(48)34(44-39(47)29-13-8-5-9-14-29)23-27-17-22-36(51-2)37(24-27)52-3/h4-26,38H,1-3H3,(H,43,48)(H,44,47)(H,45,46,49)/b34-23-. The van der Waals surface area contributed by atoms with Crippen LogP contribution in [0.2, 0.25) is 0 Å². The van der Waals surface area contributed by atoms with Crippen molar-refractivity contribution in [3.8, 4) is 28.5 Å². The Kier molecular flexibility index (Phi) is 12.4. The van der Waals surface area contributed by atoms with E-state index in [1.165, 1.54) is 37.3 Å². The molecule has 1 heterocycles. The normalized spacial score (nSPS) is 11.6. The zero-order valence-corrected chi connectivity index (χ0v) is 31.2. The molecule has 0 saturated carbocycles. The number of amides is 3. The first-order valence-electron chi connectivity index (χ1n) is 16.7. The Morgan fingerprint density at radius 1 is 0.741 bits per heavy atom. The highest BCUT2D eigenvalue weighted by atomic mass is 32.2. The van der Waals surface area contributed by atoms with Gasteiger partial charge in [-0.25, -0.2) is 4.98 Å². The summed E-state index contributed by atoms with van der Waals surface area (Å²) in [5.41, 5.74) is 3.95. The highest BCUT2D eigenvalue weighted by molar-refractivity contribution is 8.00. The summed E-state index contributed by atoms with van der Waals surface area (Å²) < 4.78 is 16.1. The molecule has 0 spiro atoms. The van der Waals surface area contributed by atoms with E-state index in [2.05, 4.69) is 20.9 Å². The molecule has 272 valence electrons. The fraction of sp³-hybridized carbons (Fsp3) is 0.0952. The molecule has 6 rings (SSSR count). The van der Waals surface area contributed by atoms with E-state index in [-0.39, 0.29) is 11.6 Å². The number of nitrogens with one attached hydrogen (secondary N) is 3. The molecule has 0 saturated heterocycles. The van der Waals surface area contributed by atoms with Gasteiger partial charge in [0.05, 0.1) is 27.0 Å². The van der Waals surface area contributed by atoms with Crippen molar-refractivity contribution in [2.24, 2.45) is 0 Å². The van der Waals surface area contributed by atoms with E-state index in [1.807, 2.05) is 72.1 Å². The van der Waals surface area contributed by atoms with Crippen LogP contribution in [0.3, 0.4) is 0 Å². The summed E-state index contributed by atoms with van der Waals surface area (Å²) in [7, 11) is 4.67. The maximum atomic E-state index is 13.8. The Morgan fingerprint density at radius 2 is 1.46 bits per heavy atom. The molecular formula is C42H36N4O6S2. The van der Waals surface area contributed by atoms with Crippen molar-refractivity contribution in [3.63, 3.8) is 0 Å². The summed E-state index contributed by atoms with van der Waals surface area (Å²) in [6, 6.07) is 38.0. The Bertz CT molecular complexity index is 2260. The maximum absolute atomic E-state index is 13.8. The van der Waals surface area contributed by atoms with Gasteiger partial charge in [0.25, 0.3) is 11.8 Å². The number of ether oxygens (including phenoxy) is 3. The maximum Gasteiger partial charge on any atom is 0.272 e. The van der Waals surface area contributed by atoms with E-state index < -0.39 is 17.1 Å². The highest BCUT2D eigenvalue weighted by Crippen LogP contribution is 2.37. The summed E-state index contributed by atoms with van der Waals surface area (Å²) in [5, 5.41) is 10.4. The second-order valence-corrected chi connectivity index (χ2v) is 13.7. The largest absolute Gasteiger partial charge is 0.497 e. The Hall–Kier alpha value is -6.37. The lowest BCUT2D eigenvalue weighted by molar-refractivity contribution is -0.116. The summed E-state index contributed by atoms with van der Waals surface area (Å²) in [5.74, 6) is 0.519. The van der Waals surface area contributed by atoms with Gasteiger partial charge in [0.2, 0.25) is 5.91 Å². The van der Waals surface area contributed by atoms with Crippen LogP contribution in [0, 0.1) is 0 Å². The molecule has 10 nitrogen and oxygen atoms in total. The van der Waals surface area contributed by atoms with Gasteiger partial charge in [-0.05, 0) is 77.9 Å². The Balaban J connectivity index is 1.18. The van der Waals surface area contributed by atoms with Gasteiger partial charge in [0.15, 0.2) is 16.6 Å². The molecule has 3 amide bonds. The highest BCUT2D eigenvalue weighted by Gasteiger charge is 2.24. The van der Waals surface area contributed by atoms with Gasteiger partial charge in [-0.2, -0.15) is 0 Å². The van der Waals surface area contributed by atoms with Crippen molar-refractivity contribution in [2.75, 3.05) is 32.0 Å². The van der Waals surface area contributed by atoms with E-state index in [0.29, 0.717) is 33.4 Å². The smallest absolute Gasteiger partial charge is 0.272 e. The van der Waals surface area contributed by atoms with Crippen LogP contribution in [-0.2, 0) is 9.59 Å². The van der Waals surface area contributed by atoms with Crippen molar-refractivity contribution >= 4 is 57.7 Å². The minimum atomic E-state index is -0.597. The monoisotopic (exact) mass is 756 g/mol. The molecule has 1 unspecified atom stereocenters. The van der Waals surface area contributed by atoms with Gasteiger partial charge in [-0.15, -0.1) is 23.1 Å². The first-order valence-corrected chi connectivity index (χ1v) is 18.4. The van der Waals surface area contributed by atoms with Crippen molar-refractivity contribution in [1.82, 2.24) is 10.3 Å². The quantitative estimate of drug-likeness (QED) is 0.0744. The van der Waals surface area contributed by atoms with Crippen LogP contribution in [-0.4, -0.2) is 44.0 Å². The van der Waals surface area contributed by atoms with Crippen molar-refractivity contribution in [3.05, 3.63) is 155 Å². The topological polar surface area (TPSA) is 128 Å². The lowest BCUT2D eigenvalue weighted by Crippen LogP contribution is -2.30. The second-order valence-electron chi connectivity index (χ2n) is 11.6. The lowest BCUT2D eigenvalue weighted by Gasteiger charge is -2.17. The molecule has 1 aromatic heterocycles. The zero-order valence-electron chi connectivity index (χ0n) is 29.6. The number of benzene rings is 5. The predicted molar refractivity (Wildman–Crippen MR) is 214 cm³/mol. The minimum absolute atomic E-state index is 0.0204. The first kappa shape index (κ1) is 37.4. The Labute approximate surface area is 321 Å². The predicted octanol–water partition coefficient (Wildman–Crippen LogP) is 8.72. The van der Waals surface area contributed by atoms with Crippen LogP contribution in [0.1, 0.15) is 26.7 Å². The SMILES string of the molecule is COc1cccc(-c2csc(NC(=O)C(Sc3ccc(NC(=O)/C(=C/c4ccc(OC)c(OC)c4)NC(=O)c4ccccc4)cc3)c3ccccc3)n2)c1. The van der Waals surface area contributed by atoms with E-state index in [1.54, 1.807) is 73.8 Å². The molecule has 6 aromatic rings. The second kappa shape index (κ2) is 17.9. The van der Waals surface area contributed by atoms with Crippen LogP contribution in [0.15, 0.2) is 143 Å². The average molecular weight is 757 g/mol. The van der Waals surface area contributed by atoms with Gasteiger partial charge in [0, 0.05) is 27.1 Å². The number of rotatable bonds is 14. The average Bonchev–Trinajstić information content (AvgIpc) is 3.69. The first-order chi connectivity index (χ1) is 26.3. The summed E-state index contributed by atoms with van der Waals surface area (Å²) in [6.07, 6.45) is 1.56. The van der Waals surface area contributed by atoms with Gasteiger partial charge >= 0.3 is 0 Å². The van der Waals surface area contributed by atoms with Crippen LogP contribution in [0.5, 0.6) is 17.2 Å².